The van der Waals surface area contributed by atoms with Gasteiger partial charge in [0, 0.05) is 31.1 Å². The fourth-order valence-electron chi connectivity index (χ4n) is 3.52. The minimum Gasteiger partial charge on any atom is -0.481 e. The first-order chi connectivity index (χ1) is 10.7. The topological polar surface area (TPSA) is 79.7 Å². The third-order valence-electron chi connectivity index (χ3n) is 4.77. The van der Waals surface area contributed by atoms with E-state index in [1.807, 2.05) is 6.07 Å². The average Bonchev–Trinajstić information content (AvgIpc) is 2.57. The van der Waals surface area contributed by atoms with Crippen molar-refractivity contribution in [2.24, 2.45) is 5.41 Å². The van der Waals surface area contributed by atoms with Crippen molar-refractivity contribution in [3.05, 3.63) is 6.07 Å². The number of aliphatic hydroxyl groups is 1. The average molecular weight is 381 g/mol. The van der Waals surface area contributed by atoms with Gasteiger partial charge in [-0.25, -0.2) is 0 Å². The number of methoxy groups -OCH3 is 2. The number of piperidine rings is 2. The Kier molecular flexibility index (Phi) is 7.79. The van der Waals surface area contributed by atoms with E-state index < -0.39 is 0 Å². The monoisotopic (exact) mass is 380 g/mol. The zero-order valence-electron chi connectivity index (χ0n) is 14.0. The van der Waals surface area contributed by atoms with Crippen molar-refractivity contribution in [3.8, 4) is 11.9 Å². The van der Waals surface area contributed by atoms with E-state index in [9.17, 15) is 5.11 Å². The Morgan fingerprint density at radius 1 is 1.29 bits per heavy atom. The largest absolute Gasteiger partial charge is 0.481 e. The van der Waals surface area contributed by atoms with E-state index in [2.05, 4.69) is 20.2 Å². The molecule has 2 saturated heterocycles. The molecule has 2 atom stereocenters. The molecule has 0 bridgehead atoms. The maximum Gasteiger partial charge on any atom is 0.321 e. The van der Waals surface area contributed by atoms with Gasteiger partial charge in [-0.05, 0) is 25.8 Å². The van der Waals surface area contributed by atoms with Crippen LogP contribution in [0.5, 0.6) is 11.9 Å². The molecule has 2 aliphatic rings. The molecule has 1 aromatic heterocycles. The summed E-state index contributed by atoms with van der Waals surface area (Å²) in [7, 11) is 3.13. The molecule has 2 aliphatic heterocycles. The van der Waals surface area contributed by atoms with Crippen LogP contribution in [-0.2, 0) is 0 Å². The molecule has 9 heteroatoms. The number of anilines is 1. The van der Waals surface area contributed by atoms with Crippen LogP contribution in [-0.4, -0.2) is 61.6 Å². The lowest BCUT2D eigenvalue weighted by Gasteiger charge is -2.48. The van der Waals surface area contributed by atoms with Gasteiger partial charge in [-0.1, -0.05) is 0 Å². The molecule has 0 aliphatic carbocycles. The maximum absolute atomic E-state index is 10.5. The quantitative estimate of drug-likeness (QED) is 0.817. The number of hydrogen-bond donors (Lipinski definition) is 2. The first kappa shape index (κ1) is 21.0. The summed E-state index contributed by atoms with van der Waals surface area (Å²) in [5, 5.41) is 13.9. The fourth-order valence-corrected chi connectivity index (χ4v) is 3.52. The van der Waals surface area contributed by atoms with Crippen molar-refractivity contribution >= 4 is 30.6 Å². The molecular weight excluding hydrogens is 355 g/mol. The Balaban J connectivity index is 0.00000144. The van der Waals surface area contributed by atoms with E-state index in [1.54, 1.807) is 14.2 Å². The van der Waals surface area contributed by atoms with Crippen LogP contribution in [0.2, 0.25) is 0 Å². The molecule has 2 N–H and O–H groups in total. The Hall–Kier alpha value is -1.02. The first-order valence-electron chi connectivity index (χ1n) is 7.78. The molecule has 2 fully saturated rings. The van der Waals surface area contributed by atoms with E-state index in [4.69, 9.17) is 9.47 Å². The summed E-state index contributed by atoms with van der Waals surface area (Å²) < 4.78 is 10.4. The highest BCUT2D eigenvalue weighted by molar-refractivity contribution is 5.85. The number of ether oxygens (including phenoxy) is 2. The van der Waals surface area contributed by atoms with Gasteiger partial charge in [0.25, 0.3) is 0 Å². The van der Waals surface area contributed by atoms with Crippen molar-refractivity contribution in [3.63, 3.8) is 0 Å². The summed E-state index contributed by atoms with van der Waals surface area (Å²) in [6.45, 7) is 3.43. The molecule has 1 aromatic rings. The summed E-state index contributed by atoms with van der Waals surface area (Å²) >= 11 is 0. The molecule has 3 heterocycles. The minimum absolute atomic E-state index is 0. The second kappa shape index (κ2) is 8.89. The number of rotatable bonds is 3. The molecule has 24 heavy (non-hydrogen) atoms. The zero-order chi connectivity index (χ0) is 15.6. The van der Waals surface area contributed by atoms with Crippen molar-refractivity contribution in [1.29, 1.82) is 0 Å². The summed E-state index contributed by atoms with van der Waals surface area (Å²) in [5.41, 5.74) is -0.0953. The van der Waals surface area contributed by atoms with Gasteiger partial charge in [0.1, 0.15) is 5.82 Å². The van der Waals surface area contributed by atoms with Crippen LogP contribution >= 0.6 is 24.8 Å². The van der Waals surface area contributed by atoms with Crippen molar-refractivity contribution in [2.75, 3.05) is 45.3 Å². The van der Waals surface area contributed by atoms with Gasteiger partial charge >= 0.3 is 6.01 Å². The summed E-state index contributed by atoms with van der Waals surface area (Å²) in [6, 6.07) is 2.13. The summed E-state index contributed by atoms with van der Waals surface area (Å²) in [6.07, 6.45) is 2.62. The lowest BCUT2D eigenvalue weighted by atomic mass is 9.72. The molecule has 0 unspecified atom stereocenters. The highest BCUT2D eigenvalue weighted by Gasteiger charge is 2.43. The van der Waals surface area contributed by atoms with Gasteiger partial charge in [-0.15, -0.1) is 24.8 Å². The van der Waals surface area contributed by atoms with E-state index >= 15 is 0 Å². The highest BCUT2D eigenvalue weighted by atomic mass is 35.5. The van der Waals surface area contributed by atoms with Crippen molar-refractivity contribution in [1.82, 2.24) is 15.3 Å². The molecule has 3 rings (SSSR count). The number of aromatic nitrogens is 2. The molecule has 1 spiro atoms. The SMILES string of the molecule is COc1cc(N2CCC[C@]3(CNCC[C@@H]3O)C2)nc(OC)n1.Cl.Cl. The Bertz CT molecular complexity index is 511. The van der Waals surface area contributed by atoms with Gasteiger partial charge in [0.2, 0.25) is 5.88 Å². The molecule has 0 radical (unpaired) electrons. The second-order valence-corrected chi connectivity index (χ2v) is 6.12. The fraction of sp³-hybridized carbons (Fsp3) is 0.733. The third-order valence-corrected chi connectivity index (χ3v) is 4.77. The Morgan fingerprint density at radius 3 is 2.75 bits per heavy atom. The number of hydrogen-bond acceptors (Lipinski definition) is 7. The number of halogens is 2. The van der Waals surface area contributed by atoms with E-state index in [-0.39, 0.29) is 36.3 Å². The summed E-state index contributed by atoms with van der Waals surface area (Å²) in [4.78, 5) is 10.8. The number of aliphatic hydroxyl groups excluding tert-OH is 1. The smallest absolute Gasteiger partial charge is 0.321 e. The predicted molar refractivity (Wildman–Crippen MR) is 97.0 cm³/mol. The van der Waals surface area contributed by atoms with Crippen LogP contribution in [0.3, 0.4) is 0 Å². The highest BCUT2D eigenvalue weighted by Crippen LogP contribution is 2.38. The zero-order valence-corrected chi connectivity index (χ0v) is 15.7. The lowest BCUT2D eigenvalue weighted by Crippen LogP contribution is -2.58. The molecule has 0 amide bonds. The predicted octanol–water partition coefficient (Wildman–Crippen LogP) is 1.28. The van der Waals surface area contributed by atoms with E-state index in [1.165, 1.54) is 0 Å². The van der Waals surface area contributed by atoms with Crippen LogP contribution in [0.15, 0.2) is 6.07 Å². The van der Waals surface area contributed by atoms with E-state index in [0.29, 0.717) is 11.9 Å². The standard InChI is InChI=1S/C15H24N4O3.2ClH/c1-21-13-8-12(17-14(18-13)22-2)19-7-3-5-15(10-19)9-16-6-4-11(15)20;;/h8,11,16,20H,3-7,9-10H2,1-2H3;2*1H/t11-,15-;;/m0../s1. The van der Waals surface area contributed by atoms with Crippen LogP contribution in [0, 0.1) is 5.41 Å². The summed E-state index contributed by atoms with van der Waals surface area (Å²) in [5.74, 6) is 1.28. The van der Waals surface area contributed by atoms with Crippen LogP contribution in [0.4, 0.5) is 5.82 Å². The lowest BCUT2D eigenvalue weighted by molar-refractivity contribution is -0.0102. The molecule has 7 nitrogen and oxygen atoms in total. The van der Waals surface area contributed by atoms with Gasteiger partial charge in [-0.3, -0.25) is 0 Å². The van der Waals surface area contributed by atoms with Gasteiger partial charge < -0.3 is 24.8 Å². The number of nitrogens with one attached hydrogen (secondary N) is 1. The van der Waals surface area contributed by atoms with Gasteiger partial charge in [0.05, 0.1) is 20.3 Å². The third kappa shape index (κ3) is 4.14. The first-order valence-corrected chi connectivity index (χ1v) is 7.78. The number of nitrogens with zero attached hydrogens (tertiary/aromatic N) is 3. The van der Waals surface area contributed by atoms with Gasteiger partial charge in [0.15, 0.2) is 0 Å². The molecule has 0 aromatic carbocycles. The van der Waals surface area contributed by atoms with Crippen molar-refractivity contribution < 1.29 is 14.6 Å². The normalized spacial score (nSPS) is 26.3. The molecule has 0 saturated carbocycles. The van der Waals surface area contributed by atoms with Crippen LogP contribution in [0.25, 0.3) is 0 Å². The van der Waals surface area contributed by atoms with Gasteiger partial charge in [-0.2, -0.15) is 9.97 Å². The molecule has 138 valence electrons. The maximum atomic E-state index is 10.5. The Morgan fingerprint density at radius 2 is 2.08 bits per heavy atom. The molecular formula is C15H26Cl2N4O3. The van der Waals surface area contributed by atoms with Crippen LogP contribution in [0.1, 0.15) is 19.3 Å². The second-order valence-electron chi connectivity index (χ2n) is 6.12. The van der Waals surface area contributed by atoms with Crippen LogP contribution < -0.4 is 19.7 Å². The minimum atomic E-state index is -0.262. The van der Waals surface area contributed by atoms with Crippen molar-refractivity contribution in [2.45, 2.75) is 25.4 Å². The van der Waals surface area contributed by atoms with E-state index in [0.717, 1.165) is 51.3 Å². The Labute approximate surface area is 155 Å².